The first-order valence-corrected chi connectivity index (χ1v) is 7.99. The van der Waals surface area contributed by atoms with Crippen LogP contribution in [0.3, 0.4) is 0 Å². The van der Waals surface area contributed by atoms with Crippen LogP contribution in [-0.4, -0.2) is 35.5 Å². The highest BCUT2D eigenvalue weighted by atomic mass is 35.5. The number of aromatic nitrogens is 1. The first-order valence-electron chi connectivity index (χ1n) is 6.32. The Bertz CT molecular complexity index is 469. The number of nitrogens with zero attached hydrogens (tertiary/aromatic N) is 1. The molecular formula is C13H18ClN3OS. The second-order valence-corrected chi connectivity index (χ2v) is 6.07. The molecule has 0 aromatic carbocycles. The molecule has 2 atom stereocenters. The minimum Gasteiger partial charge on any atom is -0.373 e. The van der Waals surface area contributed by atoms with Crippen LogP contribution in [0.2, 0.25) is 5.02 Å². The quantitative estimate of drug-likeness (QED) is 0.897. The number of halogens is 1. The third kappa shape index (κ3) is 3.34. The van der Waals surface area contributed by atoms with E-state index in [0.29, 0.717) is 21.7 Å². The number of pyridine rings is 1. The fourth-order valence-electron chi connectivity index (χ4n) is 2.37. The molecule has 1 aliphatic carbocycles. The molecule has 0 aliphatic heterocycles. The van der Waals surface area contributed by atoms with Gasteiger partial charge in [-0.25, -0.2) is 4.98 Å². The summed E-state index contributed by atoms with van der Waals surface area (Å²) < 4.78 is 0. The molecule has 1 aliphatic rings. The molecule has 19 heavy (non-hydrogen) atoms. The van der Waals surface area contributed by atoms with Crippen molar-refractivity contribution in [1.29, 1.82) is 0 Å². The lowest BCUT2D eigenvalue weighted by atomic mass is 10.2. The molecular weight excluding hydrogens is 282 g/mol. The first-order chi connectivity index (χ1) is 9.15. The van der Waals surface area contributed by atoms with E-state index in [1.165, 1.54) is 12.6 Å². The molecule has 1 aromatic rings. The number of nitrogens with one attached hydrogen (secondary N) is 2. The van der Waals surface area contributed by atoms with Gasteiger partial charge in [-0.2, -0.15) is 11.8 Å². The van der Waals surface area contributed by atoms with E-state index in [4.69, 9.17) is 11.6 Å². The number of hydrogen-bond donors (Lipinski definition) is 2. The van der Waals surface area contributed by atoms with Crippen molar-refractivity contribution in [3.05, 3.63) is 22.8 Å². The van der Waals surface area contributed by atoms with Crippen LogP contribution in [0, 0.1) is 0 Å². The number of amides is 1. The van der Waals surface area contributed by atoms with E-state index in [0.717, 1.165) is 12.8 Å². The normalized spacial score (nSPS) is 22.3. The molecule has 6 heteroatoms. The molecule has 0 radical (unpaired) electrons. The summed E-state index contributed by atoms with van der Waals surface area (Å²) >= 11 is 7.86. The lowest BCUT2D eigenvalue weighted by Gasteiger charge is -2.19. The molecule has 1 aromatic heterocycles. The molecule has 0 bridgehead atoms. The fourth-order valence-corrected chi connectivity index (χ4v) is 3.49. The van der Waals surface area contributed by atoms with Gasteiger partial charge in [-0.1, -0.05) is 18.0 Å². The van der Waals surface area contributed by atoms with E-state index in [1.54, 1.807) is 13.1 Å². The second kappa shape index (κ2) is 6.48. The molecule has 1 saturated carbocycles. The van der Waals surface area contributed by atoms with Crippen LogP contribution in [-0.2, 0) is 0 Å². The van der Waals surface area contributed by atoms with Gasteiger partial charge in [-0.15, -0.1) is 0 Å². The minimum absolute atomic E-state index is 0.116. The Morgan fingerprint density at radius 1 is 1.53 bits per heavy atom. The van der Waals surface area contributed by atoms with E-state index in [9.17, 15) is 4.79 Å². The summed E-state index contributed by atoms with van der Waals surface area (Å²) in [5, 5.41) is 6.89. The number of carbonyl (C=O) groups is 1. The molecule has 0 saturated heterocycles. The average molecular weight is 300 g/mol. The van der Waals surface area contributed by atoms with Crippen molar-refractivity contribution in [2.75, 3.05) is 18.6 Å². The van der Waals surface area contributed by atoms with Gasteiger partial charge in [0, 0.05) is 24.5 Å². The van der Waals surface area contributed by atoms with Crippen LogP contribution in [0.25, 0.3) is 0 Å². The Kier molecular flexibility index (Phi) is 4.93. The Morgan fingerprint density at radius 2 is 2.32 bits per heavy atom. The maximum Gasteiger partial charge on any atom is 0.253 e. The third-order valence-corrected chi connectivity index (χ3v) is 4.90. The van der Waals surface area contributed by atoms with E-state index >= 15 is 0 Å². The molecule has 2 unspecified atom stereocenters. The summed E-state index contributed by atoms with van der Waals surface area (Å²) in [5.41, 5.74) is 0.479. The van der Waals surface area contributed by atoms with Crippen molar-refractivity contribution in [3.8, 4) is 0 Å². The van der Waals surface area contributed by atoms with Crippen LogP contribution < -0.4 is 10.6 Å². The fraction of sp³-hybridized carbons (Fsp3) is 0.538. The van der Waals surface area contributed by atoms with Crippen molar-refractivity contribution in [3.63, 3.8) is 0 Å². The summed E-state index contributed by atoms with van der Waals surface area (Å²) in [6, 6.07) is 1.92. The monoisotopic (exact) mass is 299 g/mol. The highest BCUT2D eigenvalue weighted by Crippen LogP contribution is 2.29. The topological polar surface area (TPSA) is 54.0 Å². The lowest BCUT2D eigenvalue weighted by molar-refractivity contribution is 0.0939. The molecule has 1 heterocycles. The van der Waals surface area contributed by atoms with Crippen molar-refractivity contribution in [2.24, 2.45) is 0 Å². The van der Waals surface area contributed by atoms with Crippen LogP contribution in [0.1, 0.15) is 29.6 Å². The highest BCUT2D eigenvalue weighted by molar-refractivity contribution is 7.99. The minimum atomic E-state index is -0.116. The van der Waals surface area contributed by atoms with E-state index in [2.05, 4.69) is 21.9 Å². The lowest BCUT2D eigenvalue weighted by Crippen LogP contribution is -2.38. The smallest absolute Gasteiger partial charge is 0.253 e. The molecule has 1 fully saturated rings. The Balaban J connectivity index is 2.11. The van der Waals surface area contributed by atoms with Crippen molar-refractivity contribution < 1.29 is 4.79 Å². The van der Waals surface area contributed by atoms with Gasteiger partial charge in [-0.05, 0) is 25.2 Å². The molecule has 0 spiro atoms. The average Bonchev–Trinajstić information content (AvgIpc) is 2.86. The number of thioether (sulfide) groups is 1. The van der Waals surface area contributed by atoms with E-state index < -0.39 is 0 Å². The van der Waals surface area contributed by atoms with E-state index in [1.807, 2.05) is 11.8 Å². The van der Waals surface area contributed by atoms with Crippen LogP contribution >= 0.6 is 23.4 Å². The number of carbonyl (C=O) groups excluding carboxylic acids is 1. The van der Waals surface area contributed by atoms with Gasteiger partial charge in [-0.3, -0.25) is 4.79 Å². The van der Waals surface area contributed by atoms with E-state index in [-0.39, 0.29) is 11.9 Å². The van der Waals surface area contributed by atoms with Gasteiger partial charge in [0.2, 0.25) is 0 Å². The second-order valence-electron chi connectivity index (χ2n) is 4.58. The molecule has 4 nitrogen and oxygen atoms in total. The largest absolute Gasteiger partial charge is 0.373 e. The predicted octanol–water partition coefficient (Wildman–Crippen LogP) is 2.79. The molecule has 2 N–H and O–H groups in total. The predicted molar refractivity (Wildman–Crippen MR) is 81.2 cm³/mol. The Labute approximate surface area is 122 Å². The van der Waals surface area contributed by atoms with Gasteiger partial charge < -0.3 is 10.6 Å². The van der Waals surface area contributed by atoms with Gasteiger partial charge in [0.15, 0.2) is 0 Å². The maximum absolute atomic E-state index is 12.3. The Hall–Kier alpha value is -0.940. The van der Waals surface area contributed by atoms with Gasteiger partial charge in [0.25, 0.3) is 5.91 Å². The van der Waals surface area contributed by atoms with Crippen molar-refractivity contribution >= 4 is 35.1 Å². The summed E-state index contributed by atoms with van der Waals surface area (Å²) in [7, 11) is 1.76. The zero-order valence-electron chi connectivity index (χ0n) is 11.1. The molecule has 1 amide bonds. The van der Waals surface area contributed by atoms with Gasteiger partial charge in [0.05, 0.1) is 10.6 Å². The van der Waals surface area contributed by atoms with Gasteiger partial charge >= 0.3 is 0 Å². The summed E-state index contributed by atoms with van der Waals surface area (Å²) in [6.07, 6.45) is 6.97. The SMILES string of the molecule is CNc1cc(C(=O)NC2CCCC2SC)c(Cl)cn1. The van der Waals surface area contributed by atoms with Crippen LogP contribution in [0.15, 0.2) is 12.3 Å². The van der Waals surface area contributed by atoms with Crippen LogP contribution in [0.4, 0.5) is 5.82 Å². The van der Waals surface area contributed by atoms with Crippen LogP contribution in [0.5, 0.6) is 0 Å². The molecule has 104 valence electrons. The zero-order chi connectivity index (χ0) is 13.8. The van der Waals surface area contributed by atoms with Crippen molar-refractivity contribution in [1.82, 2.24) is 10.3 Å². The molecule has 2 rings (SSSR count). The highest BCUT2D eigenvalue weighted by Gasteiger charge is 2.28. The van der Waals surface area contributed by atoms with Crippen molar-refractivity contribution in [2.45, 2.75) is 30.6 Å². The maximum atomic E-state index is 12.3. The summed E-state index contributed by atoms with van der Waals surface area (Å²) in [6.45, 7) is 0. The van der Waals surface area contributed by atoms with Gasteiger partial charge in [0.1, 0.15) is 5.82 Å². The number of anilines is 1. The first kappa shape index (κ1) is 14.5. The zero-order valence-corrected chi connectivity index (χ0v) is 12.6. The Morgan fingerprint density at radius 3 is 3.00 bits per heavy atom. The number of rotatable bonds is 4. The number of hydrogen-bond acceptors (Lipinski definition) is 4. The third-order valence-electron chi connectivity index (χ3n) is 3.43. The summed E-state index contributed by atoms with van der Waals surface area (Å²) in [5.74, 6) is 0.525. The standard InChI is InChI=1S/C13H18ClN3OS/c1-15-12-6-8(9(14)7-16-12)13(18)17-10-4-3-5-11(10)19-2/h6-7,10-11H,3-5H2,1-2H3,(H,15,16)(H,17,18). The summed E-state index contributed by atoms with van der Waals surface area (Å²) in [4.78, 5) is 16.4.